The maximum absolute atomic E-state index is 8.71. The highest BCUT2D eigenvalue weighted by Gasteiger charge is 2.05. The standard InChI is InChI=1S/C9H22N2O/c1-8(2)4-5-11(3)6-9(10)7-12/h8-9,12H,4-7,10H2,1-3H3. The van der Waals surface area contributed by atoms with E-state index in [2.05, 4.69) is 18.7 Å². The summed E-state index contributed by atoms with van der Waals surface area (Å²) < 4.78 is 0. The van der Waals surface area contributed by atoms with Crippen molar-refractivity contribution >= 4 is 0 Å². The third-order valence-electron chi connectivity index (χ3n) is 1.87. The fraction of sp³-hybridized carbons (Fsp3) is 1.00. The smallest absolute Gasteiger partial charge is 0.0595 e. The normalized spacial score (nSPS) is 14.2. The lowest BCUT2D eigenvalue weighted by atomic mass is 10.1. The molecule has 0 aromatic carbocycles. The Morgan fingerprint density at radius 3 is 2.42 bits per heavy atom. The Kier molecular flexibility index (Phi) is 6.34. The van der Waals surface area contributed by atoms with Crippen molar-refractivity contribution in [2.75, 3.05) is 26.7 Å². The molecule has 0 fully saturated rings. The molecule has 1 unspecified atom stereocenters. The topological polar surface area (TPSA) is 49.5 Å². The lowest BCUT2D eigenvalue weighted by molar-refractivity contribution is 0.217. The molecule has 12 heavy (non-hydrogen) atoms. The number of rotatable bonds is 6. The highest BCUT2D eigenvalue weighted by Crippen LogP contribution is 2.00. The van der Waals surface area contributed by atoms with Crippen molar-refractivity contribution in [3.63, 3.8) is 0 Å². The average Bonchev–Trinajstić information content (AvgIpc) is 2.00. The van der Waals surface area contributed by atoms with E-state index in [1.807, 2.05) is 7.05 Å². The molecule has 3 nitrogen and oxygen atoms in total. The van der Waals surface area contributed by atoms with Crippen molar-refractivity contribution < 1.29 is 5.11 Å². The number of aliphatic hydroxyl groups is 1. The van der Waals surface area contributed by atoms with Crippen LogP contribution in [0.5, 0.6) is 0 Å². The van der Waals surface area contributed by atoms with Gasteiger partial charge in [0, 0.05) is 12.6 Å². The Morgan fingerprint density at radius 2 is 2.00 bits per heavy atom. The van der Waals surface area contributed by atoms with E-state index in [0.29, 0.717) is 0 Å². The molecule has 3 heteroatoms. The van der Waals surface area contributed by atoms with E-state index < -0.39 is 0 Å². The summed E-state index contributed by atoms with van der Waals surface area (Å²) >= 11 is 0. The first-order valence-corrected chi connectivity index (χ1v) is 4.61. The molecule has 0 radical (unpaired) electrons. The molecule has 0 heterocycles. The summed E-state index contributed by atoms with van der Waals surface area (Å²) in [6.45, 7) is 6.33. The van der Waals surface area contributed by atoms with Crippen LogP contribution < -0.4 is 5.73 Å². The van der Waals surface area contributed by atoms with Gasteiger partial charge < -0.3 is 15.7 Å². The zero-order valence-electron chi connectivity index (χ0n) is 8.45. The van der Waals surface area contributed by atoms with E-state index >= 15 is 0 Å². The maximum Gasteiger partial charge on any atom is 0.0595 e. The predicted octanol–water partition coefficient (Wildman–Crippen LogP) is 0.284. The van der Waals surface area contributed by atoms with Crippen LogP contribution in [0.3, 0.4) is 0 Å². The minimum absolute atomic E-state index is 0.0754. The molecule has 0 aliphatic carbocycles. The summed E-state index contributed by atoms with van der Waals surface area (Å²) in [5.74, 6) is 0.734. The second-order valence-corrected chi connectivity index (χ2v) is 3.89. The molecular formula is C9H22N2O. The van der Waals surface area contributed by atoms with Gasteiger partial charge >= 0.3 is 0 Å². The zero-order valence-corrected chi connectivity index (χ0v) is 8.45. The SMILES string of the molecule is CC(C)CCN(C)CC(N)CO. The first kappa shape index (κ1) is 11.9. The largest absolute Gasteiger partial charge is 0.395 e. The molecule has 0 aromatic heterocycles. The monoisotopic (exact) mass is 174 g/mol. The first-order valence-electron chi connectivity index (χ1n) is 4.61. The summed E-state index contributed by atoms with van der Waals surface area (Å²) in [5.41, 5.74) is 5.59. The Balaban J connectivity index is 3.39. The molecule has 0 rings (SSSR count). The van der Waals surface area contributed by atoms with Gasteiger partial charge in [0.15, 0.2) is 0 Å². The molecular weight excluding hydrogens is 152 g/mol. The lowest BCUT2D eigenvalue weighted by Crippen LogP contribution is -2.38. The zero-order chi connectivity index (χ0) is 9.56. The first-order chi connectivity index (χ1) is 5.56. The number of nitrogens with zero attached hydrogens (tertiary/aromatic N) is 1. The van der Waals surface area contributed by atoms with Crippen molar-refractivity contribution in [2.24, 2.45) is 11.7 Å². The second-order valence-electron chi connectivity index (χ2n) is 3.89. The lowest BCUT2D eigenvalue weighted by Gasteiger charge is -2.20. The Hall–Kier alpha value is -0.120. The quantitative estimate of drug-likeness (QED) is 0.608. The van der Waals surface area contributed by atoms with Crippen LogP contribution in [-0.4, -0.2) is 42.8 Å². The van der Waals surface area contributed by atoms with Crippen molar-refractivity contribution in [1.29, 1.82) is 0 Å². The third kappa shape index (κ3) is 6.58. The van der Waals surface area contributed by atoms with Gasteiger partial charge in [-0.3, -0.25) is 0 Å². The summed E-state index contributed by atoms with van der Waals surface area (Å²) in [4.78, 5) is 2.17. The summed E-state index contributed by atoms with van der Waals surface area (Å²) in [7, 11) is 2.04. The van der Waals surface area contributed by atoms with Gasteiger partial charge in [0.2, 0.25) is 0 Å². The molecule has 0 spiro atoms. The molecule has 0 amide bonds. The van der Waals surface area contributed by atoms with Gasteiger partial charge in [-0.15, -0.1) is 0 Å². The minimum Gasteiger partial charge on any atom is -0.395 e. The highest BCUT2D eigenvalue weighted by molar-refractivity contribution is 4.64. The fourth-order valence-corrected chi connectivity index (χ4v) is 1.03. The average molecular weight is 174 g/mol. The molecule has 74 valence electrons. The van der Waals surface area contributed by atoms with E-state index in [1.54, 1.807) is 0 Å². The predicted molar refractivity (Wildman–Crippen MR) is 52.0 cm³/mol. The van der Waals surface area contributed by atoms with Crippen LogP contribution in [0.15, 0.2) is 0 Å². The molecule has 1 atom stereocenters. The Morgan fingerprint density at radius 1 is 1.42 bits per heavy atom. The van der Waals surface area contributed by atoms with Gasteiger partial charge in [-0.1, -0.05) is 13.8 Å². The number of hydrogen-bond acceptors (Lipinski definition) is 3. The van der Waals surface area contributed by atoms with Gasteiger partial charge in [-0.25, -0.2) is 0 Å². The van der Waals surface area contributed by atoms with Crippen LogP contribution >= 0.6 is 0 Å². The van der Waals surface area contributed by atoms with Gasteiger partial charge in [-0.05, 0) is 25.9 Å². The summed E-state index contributed by atoms with van der Waals surface area (Å²) in [6, 6.07) is -0.0952. The number of aliphatic hydroxyl groups excluding tert-OH is 1. The van der Waals surface area contributed by atoms with Crippen molar-refractivity contribution in [3.05, 3.63) is 0 Å². The minimum atomic E-state index is -0.0952. The summed E-state index contributed by atoms with van der Waals surface area (Å²) in [5, 5.41) is 8.71. The molecule has 0 saturated heterocycles. The molecule has 0 aliphatic rings. The third-order valence-corrected chi connectivity index (χ3v) is 1.87. The fourth-order valence-electron chi connectivity index (χ4n) is 1.03. The van der Waals surface area contributed by atoms with Gasteiger partial charge in [-0.2, -0.15) is 0 Å². The van der Waals surface area contributed by atoms with Crippen LogP contribution in [0.25, 0.3) is 0 Å². The van der Waals surface area contributed by atoms with Crippen LogP contribution in [0.2, 0.25) is 0 Å². The van der Waals surface area contributed by atoms with Crippen LogP contribution in [0, 0.1) is 5.92 Å². The van der Waals surface area contributed by atoms with Gasteiger partial charge in [0.05, 0.1) is 6.61 Å². The molecule has 0 bridgehead atoms. The number of nitrogens with two attached hydrogens (primary N) is 1. The number of hydrogen-bond donors (Lipinski definition) is 2. The Labute approximate surface area is 75.6 Å². The van der Waals surface area contributed by atoms with Crippen molar-refractivity contribution in [3.8, 4) is 0 Å². The van der Waals surface area contributed by atoms with E-state index in [0.717, 1.165) is 19.0 Å². The van der Waals surface area contributed by atoms with E-state index in [1.165, 1.54) is 6.42 Å². The van der Waals surface area contributed by atoms with E-state index in [-0.39, 0.29) is 12.6 Å². The molecule has 0 aromatic rings. The maximum atomic E-state index is 8.71. The molecule has 0 saturated carbocycles. The second kappa shape index (κ2) is 6.40. The van der Waals surface area contributed by atoms with Gasteiger partial charge in [0.25, 0.3) is 0 Å². The van der Waals surface area contributed by atoms with Crippen LogP contribution in [0.1, 0.15) is 20.3 Å². The molecule has 3 N–H and O–H groups in total. The van der Waals surface area contributed by atoms with Crippen LogP contribution in [0.4, 0.5) is 0 Å². The van der Waals surface area contributed by atoms with Crippen molar-refractivity contribution in [2.45, 2.75) is 26.3 Å². The van der Waals surface area contributed by atoms with E-state index in [9.17, 15) is 0 Å². The van der Waals surface area contributed by atoms with Gasteiger partial charge in [0.1, 0.15) is 0 Å². The Bertz CT molecular complexity index is 107. The van der Waals surface area contributed by atoms with Crippen molar-refractivity contribution in [1.82, 2.24) is 4.90 Å². The van der Waals surface area contributed by atoms with Crippen LogP contribution in [-0.2, 0) is 0 Å². The summed E-state index contributed by atoms with van der Waals surface area (Å²) in [6.07, 6.45) is 1.19. The molecule has 0 aliphatic heterocycles. The van der Waals surface area contributed by atoms with E-state index in [4.69, 9.17) is 10.8 Å². The number of likely N-dealkylation sites (N-methyl/N-ethyl adjacent to an activating group) is 1. The highest BCUT2D eigenvalue weighted by atomic mass is 16.3.